The van der Waals surface area contributed by atoms with E-state index in [2.05, 4.69) is 0 Å². The zero-order chi connectivity index (χ0) is 15.8. The van der Waals surface area contributed by atoms with Gasteiger partial charge in [0.2, 0.25) is 0 Å². The van der Waals surface area contributed by atoms with Gasteiger partial charge in [0.1, 0.15) is 5.82 Å². The van der Waals surface area contributed by atoms with E-state index in [9.17, 15) is 32.3 Å². The van der Waals surface area contributed by atoms with Crippen LogP contribution in [0.4, 0.5) is 17.6 Å². The highest BCUT2D eigenvalue weighted by Crippen LogP contribution is 2.45. The van der Waals surface area contributed by atoms with Crippen molar-refractivity contribution < 1.29 is 32.3 Å². The first kappa shape index (κ1) is 15.3. The summed E-state index contributed by atoms with van der Waals surface area (Å²) in [5.74, 6) is -4.19. The SMILES string of the molecule is O=C(NC1CC(C(=O)O)(c2ccccc2F)C1)C(F)(F)F. The van der Waals surface area contributed by atoms with Gasteiger partial charge in [0.05, 0.1) is 5.41 Å². The Morgan fingerprint density at radius 2 is 1.81 bits per heavy atom. The van der Waals surface area contributed by atoms with Crippen molar-refractivity contribution in [1.29, 1.82) is 0 Å². The van der Waals surface area contributed by atoms with Crippen molar-refractivity contribution in [3.8, 4) is 0 Å². The molecule has 1 aliphatic carbocycles. The van der Waals surface area contributed by atoms with Gasteiger partial charge in [0.25, 0.3) is 0 Å². The zero-order valence-electron chi connectivity index (χ0n) is 10.6. The van der Waals surface area contributed by atoms with E-state index in [1.807, 2.05) is 0 Å². The van der Waals surface area contributed by atoms with E-state index in [1.54, 1.807) is 5.32 Å². The van der Waals surface area contributed by atoms with Crippen molar-refractivity contribution in [2.24, 2.45) is 0 Å². The number of carbonyl (C=O) groups excluding carboxylic acids is 1. The maximum atomic E-state index is 13.7. The van der Waals surface area contributed by atoms with Crippen LogP contribution < -0.4 is 5.32 Å². The van der Waals surface area contributed by atoms with Crippen LogP contribution in [0, 0.1) is 5.82 Å². The third-order valence-corrected chi connectivity index (χ3v) is 3.58. The summed E-state index contributed by atoms with van der Waals surface area (Å²) in [5.41, 5.74) is -1.69. The van der Waals surface area contributed by atoms with Crippen molar-refractivity contribution >= 4 is 11.9 Å². The normalized spacial score (nSPS) is 25.0. The second-order valence-corrected chi connectivity index (χ2v) is 4.94. The minimum atomic E-state index is -5.03. The van der Waals surface area contributed by atoms with Crippen LogP contribution in [0.1, 0.15) is 18.4 Å². The summed E-state index contributed by atoms with van der Waals surface area (Å²) in [7, 11) is 0. The summed E-state index contributed by atoms with van der Waals surface area (Å²) < 4.78 is 50.1. The van der Waals surface area contributed by atoms with Gasteiger partial charge in [-0.05, 0) is 18.9 Å². The number of hydrogen-bond acceptors (Lipinski definition) is 2. The number of rotatable bonds is 3. The van der Waals surface area contributed by atoms with Gasteiger partial charge in [0, 0.05) is 11.6 Å². The van der Waals surface area contributed by atoms with E-state index in [0.29, 0.717) is 0 Å². The summed E-state index contributed by atoms with van der Waals surface area (Å²) in [6.07, 6.45) is -5.60. The molecule has 0 bridgehead atoms. The minimum absolute atomic E-state index is 0.0880. The van der Waals surface area contributed by atoms with Gasteiger partial charge < -0.3 is 10.4 Å². The van der Waals surface area contributed by atoms with Gasteiger partial charge in [0.15, 0.2) is 0 Å². The van der Waals surface area contributed by atoms with Crippen LogP contribution in [-0.4, -0.2) is 29.2 Å². The molecule has 0 heterocycles. The van der Waals surface area contributed by atoms with Gasteiger partial charge >= 0.3 is 18.1 Å². The molecule has 114 valence electrons. The van der Waals surface area contributed by atoms with Crippen molar-refractivity contribution in [3.63, 3.8) is 0 Å². The fourth-order valence-electron chi connectivity index (χ4n) is 2.51. The molecule has 0 unspecified atom stereocenters. The van der Waals surface area contributed by atoms with Crippen molar-refractivity contribution in [2.45, 2.75) is 30.5 Å². The monoisotopic (exact) mass is 305 g/mol. The van der Waals surface area contributed by atoms with E-state index in [4.69, 9.17) is 0 Å². The topological polar surface area (TPSA) is 66.4 Å². The number of carboxylic acids is 1. The van der Waals surface area contributed by atoms with Crippen LogP contribution in [0.5, 0.6) is 0 Å². The third-order valence-electron chi connectivity index (χ3n) is 3.58. The van der Waals surface area contributed by atoms with Gasteiger partial charge in [-0.1, -0.05) is 18.2 Å². The molecular formula is C13H11F4NO3. The lowest BCUT2D eigenvalue weighted by atomic mass is 9.61. The lowest BCUT2D eigenvalue weighted by Crippen LogP contribution is -2.59. The molecule has 0 atom stereocenters. The number of hydrogen-bond donors (Lipinski definition) is 2. The number of nitrogens with one attached hydrogen (secondary N) is 1. The lowest BCUT2D eigenvalue weighted by Gasteiger charge is -2.45. The fraction of sp³-hybridized carbons (Fsp3) is 0.385. The fourth-order valence-corrected chi connectivity index (χ4v) is 2.51. The van der Waals surface area contributed by atoms with Crippen LogP contribution in [0.25, 0.3) is 0 Å². The Kier molecular flexibility index (Phi) is 3.65. The molecule has 21 heavy (non-hydrogen) atoms. The summed E-state index contributed by atoms with van der Waals surface area (Å²) in [4.78, 5) is 22.2. The average Bonchev–Trinajstić information content (AvgIpc) is 2.32. The van der Waals surface area contributed by atoms with Crippen LogP contribution in [-0.2, 0) is 15.0 Å². The molecule has 1 aliphatic rings. The highest BCUT2D eigenvalue weighted by molar-refractivity contribution is 5.85. The number of carbonyl (C=O) groups is 2. The maximum absolute atomic E-state index is 13.7. The molecule has 0 saturated heterocycles. The van der Waals surface area contributed by atoms with Gasteiger partial charge in [-0.2, -0.15) is 13.2 Å². The Bertz CT molecular complexity index is 579. The third kappa shape index (κ3) is 2.70. The number of halogens is 4. The molecule has 0 spiro atoms. The maximum Gasteiger partial charge on any atom is 0.471 e. The first-order valence-corrected chi connectivity index (χ1v) is 6.03. The summed E-state index contributed by atoms with van der Waals surface area (Å²) in [6, 6.07) is 4.25. The molecule has 0 aromatic heterocycles. The Morgan fingerprint density at radius 3 is 2.29 bits per heavy atom. The molecule has 1 aromatic rings. The Labute approximate surface area is 116 Å². The molecule has 1 saturated carbocycles. The lowest BCUT2D eigenvalue weighted by molar-refractivity contribution is -0.176. The number of amides is 1. The second kappa shape index (κ2) is 5.01. The molecular weight excluding hydrogens is 294 g/mol. The number of carboxylic acid groups (broad SMARTS) is 1. The second-order valence-electron chi connectivity index (χ2n) is 4.94. The summed E-state index contributed by atoms with van der Waals surface area (Å²) in [5, 5.41) is 11.0. The van der Waals surface area contributed by atoms with E-state index in [1.165, 1.54) is 18.2 Å². The van der Waals surface area contributed by atoms with Crippen LogP contribution in [0.15, 0.2) is 24.3 Å². The molecule has 2 rings (SSSR count). The largest absolute Gasteiger partial charge is 0.481 e. The molecule has 1 aromatic carbocycles. The first-order valence-electron chi connectivity index (χ1n) is 6.03. The molecule has 4 nitrogen and oxygen atoms in total. The van der Waals surface area contributed by atoms with Crippen molar-refractivity contribution in [3.05, 3.63) is 35.6 Å². The minimum Gasteiger partial charge on any atom is -0.481 e. The number of aliphatic carboxylic acids is 1. The highest BCUT2D eigenvalue weighted by Gasteiger charge is 2.54. The summed E-state index contributed by atoms with van der Waals surface area (Å²) in [6.45, 7) is 0. The Balaban J connectivity index is 2.15. The highest BCUT2D eigenvalue weighted by atomic mass is 19.4. The quantitative estimate of drug-likeness (QED) is 0.839. The summed E-state index contributed by atoms with van der Waals surface area (Å²) >= 11 is 0. The molecule has 0 radical (unpaired) electrons. The van der Waals surface area contributed by atoms with E-state index < -0.39 is 35.3 Å². The molecule has 1 fully saturated rings. The zero-order valence-corrected chi connectivity index (χ0v) is 10.6. The Hall–Kier alpha value is -2.12. The van der Waals surface area contributed by atoms with E-state index in [0.717, 1.165) is 6.07 Å². The average molecular weight is 305 g/mol. The van der Waals surface area contributed by atoms with Crippen molar-refractivity contribution in [1.82, 2.24) is 5.32 Å². The van der Waals surface area contributed by atoms with Crippen LogP contribution >= 0.6 is 0 Å². The van der Waals surface area contributed by atoms with Crippen LogP contribution in [0.2, 0.25) is 0 Å². The van der Waals surface area contributed by atoms with Gasteiger partial charge in [-0.3, -0.25) is 9.59 Å². The number of alkyl halides is 3. The first-order chi connectivity index (χ1) is 9.67. The molecule has 1 amide bonds. The predicted octanol–water partition coefficient (Wildman–Crippen LogP) is 1.99. The van der Waals surface area contributed by atoms with Crippen molar-refractivity contribution in [2.75, 3.05) is 0 Å². The predicted molar refractivity (Wildman–Crippen MR) is 62.9 cm³/mol. The van der Waals surface area contributed by atoms with E-state index in [-0.39, 0.29) is 18.4 Å². The van der Waals surface area contributed by atoms with E-state index >= 15 is 0 Å². The molecule has 0 aliphatic heterocycles. The van der Waals surface area contributed by atoms with Gasteiger partial charge in [-0.15, -0.1) is 0 Å². The molecule has 2 N–H and O–H groups in total. The smallest absolute Gasteiger partial charge is 0.471 e. The van der Waals surface area contributed by atoms with Gasteiger partial charge in [-0.25, -0.2) is 4.39 Å². The van der Waals surface area contributed by atoms with Crippen LogP contribution in [0.3, 0.4) is 0 Å². The standard InChI is InChI=1S/C13H11F4NO3/c14-9-4-2-1-3-8(9)12(11(20)21)5-7(6-12)18-10(19)13(15,16)17/h1-4,7H,5-6H2,(H,18,19)(H,20,21). The molecule has 8 heteroatoms. The Morgan fingerprint density at radius 1 is 1.24 bits per heavy atom. The number of benzene rings is 1.